The van der Waals surface area contributed by atoms with Crippen LogP contribution in [0.2, 0.25) is 0 Å². The topological polar surface area (TPSA) is 42.7 Å². The molecule has 0 saturated carbocycles. The molecule has 0 aliphatic carbocycles. The van der Waals surface area contributed by atoms with E-state index in [0.717, 1.165) is 18.1 Å². The lowest BCUT2D eigenvalue weighted by molar-refractivity contribution is 0.537. The molecule has 0 aliphatic heterocycles. The molecule has 1 aromatic heterocycles. The first kappa shape index (κ1) is 14.1. The molecule has 0 amide bonds. The lowest BCUT2D eigenvalue weighted by Crippen LogP contribution is -2.19. The minimum atomic E-state index is 0.443. The van der Waals surface area contributed by atoms with Crippen molar-refractivity contribution in [3.8, 4) is 0 Å². The second-order valence-corrected chi connectivity index (χ2v) is 5.45. The summed E-state index contributed by atoms with van der Waals surface area (Å²) in [4.78, 5) is 1.19. The van der Waals surface area contributed by atoms with Crippen LogP contribution in [0.3, 0.4) is 0 Å². The lowest BCUT2D eigenvalue weighted by Gasteiger charge is -2.16. The van der Waals surface area contributed by atoms with E-state index in [9.17, 15) is 0 Å². The van der Waals surface area contributed by atoms with Gasteiger partial charge >= 0.3 is 0 Å². The van der Waals surface area contributed by atoms with Gasteiger partial charge in [-0.2, -0.15) is 0 Å². The van der Waals surface area contributed by atoms with Gasteiger partial charge in [-0.15, -0.1) is 10.2 Å². The molecule has 1 unspecified atom stereocenters. The normalized spacial score (nSPS) is 12.6. The number of nitrogens with one attached hydrogen (secondary N) is 1. The molecule has 1 heterocycles. The van der Waals surface area contributed by atoms with Crippen molar-refractivity contribution >= 4 is 11.8 Å². The number of hydrogen-bond donors (Lipinski definition) is 1. The monoisotopic (exact) mass is 276 g/mol. The third kappa shape index (κ3) is 3.58. The van der Waals surface area contributed by atoms with Crippen molar-refractivity contribution in [2.45, 2.75) is 36.4 Å². The summed E-state index contributed by atoms with van der Waals surface area (Å²) in [5.41, 5.74) is 1.34. The van der Waals surface area contributed by atoms with Crippen LogP contribution in [0.25, 0.3) is 0 Å². The molecule has 0 saturated heterocycles. The van der Waals surface area contributed by atoms with Crippen LogP contribution in [-0.2, 0) is 7.05 Å². The fraction of sp³-hybridized carbons (Fsp3) is 0.429. The van der Waals surface area contributed by atoms with Gasteiger partial charge in [0, 0.05) is 18.0 Å². The first-order valence-corrected chi connectivity index (χ1v) is 7.41. The van der Waals surface area contributed by atoms with Gasteiger partial charge in [0.1, 0.15) is 6.33 Å². The number of aryl methyl sites for hydroxylation is 1. The van der Waals surface area contributed by atoms with Crippen molar-refractivity contribution in [3.05, 3.63) is 36.2 Å². The summed E-state index contributed by atoms with van der Waals surface area (Å²) in [5, 5.41) is 12.4. The Kier molecular flexibility index (Phi) is 4.99. The summed E-state index contributed by atoms with van der Waals surface area (Å²) in [5.74, 6) is 0. The highest BCUT2D eigenvalue weighted by Gasteiger charge is 2.08. The molecule has 4 nitrogen and oxygen atoms in total. The summed E-state index contributed by atoms with van der Waals surface area (Å²) >= 11 is 1.63. The predicted molar refractivity (Wildman–Crippen MR) is 78.3 cm³/mol. The zero-order valence-corrected chi connectivity index (χ0v) is 12.4. The Morgan fingerprint density at radius 1 is 1.26 bits per heavy atom. The minimum absolute atomic E-state index is 0.443. The average Bonchev–Trinajstić information content (AvgIpc) is 2.83. The van der Waals surface area contributed by atoms with E-state index in [1.54, 1.807) is 18.1 Å². The summed E-state index contributed by atoms with van der Waals surface area (Å²) < 4.78 is 1.92. The molecule has 1 N–H and O–H groups in total. The van der Waals surface area contributed by atoms with Gasteiger partial charge < -0.3 is 9.88 Å². The Bertz CT molecular complexity index is 506. The van der Waals surface area contributed by atoms with Crippen LogP contribution >= 0.6 is 11.8 Å². The molecule has 102 valence electrons. The van der Waals surface area contributed by atoms with Crippen molar-refractivity contribution in [2.24, 2.45) is 7.05 Å². The fourth-order valence-corrected chi connectivity index (χ4v) is 2.74. The van der Waals surface area contributed by atoms with Gasteiger partial charge in [0.15, 0.2) is 5.16 Å². The second kappa shape index (κ2) is 6.73. The Morgan fingerprint density at radius 3 is 2.53 bits per heavy atom. The molecule has 2 aromatic rings. The molecule has 0 radical (unpaired) electrons. The number of aromatic nitrogens is 3. The van der Waals surface area contributed by atoms with E-state index >= 15 is 0 Å². The smallest absolute Gasteiger partial charge is 0.195 e. The highest BCUT2D eigenvalue weighted by Crippen LogP contribution is 2.27. The van der Waals surface area contributed by atoms with Gasteiger partial charge in [0.2, 0.25) is 0 Å². The van der Waals surface area contributed by atoms with Crippen LogP contribution in [0.1, 0.15) is 31.9 Å². The Balaban J connectivity index is 2.08. The zero-order valence-electron chi connectivity index (χ0n) is 11.6. The molecule has 5 heteroatoms. The maximum Gasteiger partial charge on any atom is 0.195 e. The molecule has 19 heavy (non-hydrogen) atoms. The highest BCUT2D eigenvalue weighted by atomic mass is 32.2. The first-order valence-electron chi connectivity index (χ1n) is 6.59. The van der Waals surface area contributed by atoms with Gasteiger partial charge in [0.05, 0.1) is 0 Å². The predicted octanol–water partition coefficient (Wildman–Crippen LogP) is 3.03. The third-order valence-electron chi connectivity index (χ3n) is 3.02. The maximum absolute atomic E-state index is 4.08. The first-order chi connectivity index (χ1) is 9.24. The molecule has 1 atom stereocenters. The van der Waals surface area contributed by atoms with Gasteiger partial charge in [-0.1, -0.05) is 26.0 Å². The van der Waals surface area contributed by atoms with E-state index < -0.39 is 0 Å². The van der Waals surface area contributed by atoms with Gasteiger partial charge in [-0.3, -0.25) is 0 Å². The van der Waals surface area contributed by atoms with E-state index in [0.29, 0.717) is 6.04 Å². The number of rotatable bonds is 6. The van der Waals surface area contributed by atoms with Crippen LogP contribution in [0.5, 0.6) is 0 Å². The zero-order chi connectivity index (χ0) is 13.7. The number of nitrogens with zero attached hydrogens (tertiary/aromatic N) is 3. The van der Waals surface area contributed by atoms with Crippen LogP contribution in [0, 0.1) is 0 Å². The van der Waals surface area contributed by atoms with E-state index in [2.05, 4.69) is 53.6 Å². The molecule has 0 fully saturated rings. The molecule has 0 spiro atoms. The van der Waals surface area contributed by atoms with Crippen LogP contribution < -0.4 is 5.32 Å². The van der Waals surface area contributed by atoms with Crippen molar-refractivity contribution in [1.29, 1.82) is 0 Å². The summed E-state index contributed by atoms with van der Waals surface area (Å²) in [6.45, 7) is 5.34. The Morgan fingerprint density at radius 2 is 2.00 bits per heavy atom. The van der Waals surface area contributed by atoms with Crippen LogP contribution in [0.4, 0.5) is 0 Å². The summed E-state index contributed by atoms with van der Waals surface area (Å²) in [7, 11) is 1.95. The largest absolute Gasteiger partial charge is 0.311 e. The third-order valence-corrected chi connectivity index (χ3v) is 4.08. The summed E-state index contributed by atoms with van der Waals surface area (Å²) in [6.07, 6.45) is 2.82. The molecule has 0 bridgehead atoms. The number of hydrogen-bond acceptors (Lipinski definition) is 4. The fourth-order valence-electron chi connectivity index (χ4n) is 1.98. The second-order valence-electron chi connectivity index (χ2n) is 4.41. The van der Waals surface area contributed by atoms with Crippen molar-refractivity contribution in [3.63, 3.8) is 0 Å². The van der Waals surface area contributed by atoms with E-state index in [1.807, 2.05) is 11.6 Å². The SMILES string of the molecule is CCNC(CC)c1ccc(Sc2nncn2C)cc1. The van der Waals surface area contributed by atoms with Crippen molar-refractivity contribution < 1.29 is 0 Å². The van der Waals surface area contributed by atoms with Crippen LogP contribution in [0.15, 0.2) is 40.6 Å². The number of benzene rings is 1. The molecular weight excluding hydrogens is 256 g/mol. The lowest BCUT2D eigenvalue weighted by atomic mass is 10.1. The molecule has 1 aromatic carbocycles. The van der Waals surface area contributed by atoms with E-state index in [1.165, 1.54) is 10.5 Å². The van der Waals surface area contributed by atoms with Gasteiger partial charge in [-0.25, -0.2) is 0 Å². The van der Waals surface area contributed by atoms with Crippen molar-refractivity contribution in [1.82, 2.24) is 20.1 Å². The van der Waals surface area contributed by atoms with Crippen LogP contribution in [-0.4, -0.2) is 21.3 Å². The standard InChI is InChI=1S/C14H20N4S/c1-4-13(15-5-2)11-6-8-12(9-7-11)19-14-17-16-10-18(14)3/h6-10,13,15H,4-5H2,1-3H3. The Labute approximate surface area is 118 Å². The van der Waals surface area contributed by atoms with Crippen molar-refractivity contribution in [2.75, 3.05) is 6.54 Å². The Hall–Kier alpha value is -1.33. The van der Waals surface area contributed by atoms with E-state index in [-0.39, 0.29) is 0 Å². The molecule has 2 rings (SSSR count). The average molecular weight is 276 g/mol. The molecule has 0 aliphatic rings. The summed E-state index contributed by atoms with van der Waals surface area (Å²) in [6, 6.07) is 9.12. The quantitative estimate of drug-likeness (QED) is 0.880. The minimum Gasteiger partial charge on any atom is -0.311 e. The maximum atomic E-state index is 4.08. The van der Waals surface area contributed by atoms with E-state index in [4.69, 9.17) is 0 Å². The van der Waals surface area contributed by atoms with Gasteiger partial charge in [0.25, 0.3) is 0 Å². The molecular formula is C14H20N4S. The van der Waals surface area contributed by atoms with Gasteiger partial charge in [-0.05, 0) is 42.4 Å². The highest BCUT2D eigenvalue weighted by molar-refractivity contribution is 7.99.